The lowest BCUT2D eigenvalue weighted by Gasteiger charge is -2.19. The van der Waals surface area contributed by atoms with E-state index in [4.69, 9.17) is 9.97 Å². The van der Waals surface area contributed by atoms with Crippen LogP contribution in [0, 0.1) is 6.92 Å². The van der Waals surface area contributed by atoms with Crippen molar-refractivity contribution in [1.29, 1.82) is 0 Å². The predicted octanol–water partition coefficient (Wildman–Crippen LogP) is 6.92. The second kappa shape index (κ2) is 7.17. The molecule has 2 heterocycles. The number of hydrogen-bond donors (Lipinski definition) is 2. The van der Waals surface area contributed by atoms with E-state index >= 15 is 0 Å². The zero-order valence-electron chi connectivity index (χ0n) is 19.9. The number of aromatic amines is 2. The molecule has 0 radical (unpaired) electrons. The molecule has 2 aliphatic carbocycles. The van der Waals surface area contributed by atoms with E-state index in [0.29, 0.717) is 5.92 Å². The van der Waals surface area contributed by atoms with Crippen LogP contribution in [0.2, 0.25) is 0 Å². The molecule has 3 aromatic carbocycles. The summed E-state index contributed by atoms with van der Waals surface area (Å²) in [7, 11) is 0. The van der Waals surface area contributed by atoms with E-state index in [1.807, 2.05) is 6.92 Å². The van der Waals surface area contributed by atoms with Gasteiger partial charge in [-0.1, -0.05) is 56.3 Å². The molecule has 34 heavy (non-hydrogen) atoms. The Morgan fingerprint density at radius 1 is 0.794 bits per heavy atom. The second-order valence-electron chi connectivity index (χ2n) is 10.1. The minimum Gasteiger partial charge on any atom is -0.346 e. The third-order valence-corrected chi connectivity index (χ3v) is 7.59. The molecule has 4 nitrogen and oxygen atoms in total. The summed E-state index contributed by atoms with van der Waals surface area (Å²) in [5.74, 6) is 2.51. The van der Waals surface area contributed by atoms with Gasteiger partial charge in [0.25, 0.3) is 0 Å². The van der Waals surface area contributed by atoms with E-state index in [9.17, 15) is 0 Å². The molecule has 0 spiro atoms. The largest absolute Gasteiger partial charge is 0.346 e. The number of aryl methyl sites for hydroxylation is 5. The van der Waals surface area contributed by atoms with Crippen LogP contribution in [0.3, 0.4) is 0 Å². The zero-order chi connectivity index (χ0) is 23.0. The molecule has 0 atom stereocenters. The number of nitrogens with one attached hydrogen (secondary N) is 2. The fourth-order valence-corrected chi connectivity index (χ4v) is 5.84. The van der Waals surface area contributed by atoms with Gasteiger partial charge in [0.05, 0.1) is 17.1 Å². The topological polar surface area (TPSA) is 57.4 Å². The van der Waals surface area contributed by atoms with Crippen molar-refractivity contribution in [3.63, 3.8) is 0 Å². The smallest absolute Gasteiger partial charge is 0.109 e. The van der Waals surface area contributed by atoms with Crippen molar-refractivity contribution < 1.29 is 0 Å². The third-order valence-electron chi connectivity index (χ3n) is 7.59. The van der Waals surface area contributed by atoms with Crippen molar-refractivity contribution in [3.8, 4) is 33.6 Å². The number of imidazole rings is 2. The molecule has 2 N–H and O–H groups in total. The molecular formula is C30H28N4. The van der Waals surface area contributed by atoms with E-state index in [1.165, 1.54) is 61.2 Å². The van der Waals surface area contributed by atoms with Crippen molar-refractivity contribution in [1.82, 2.24) is 19.9 Å². The molecule has 0 unspecified atom stereocenters. The first kappa shape index (κ1) is 19.8. The first-order chi connectivity index (χ1) is 16.5. The Morgan fingerprint density at radius 3 is 2.50 bits per heavy atom. The van der Waals surface area contributed by atoms with Gasteiger partial charge in [0.2, 0.25) is 0 Å². The van der Waals surface area contributed by atoms with Crippen molar-refractivity contribution >= 4 is 10.8 Å². The van der Waals surface area contributed by atoms with Gasteiger partial charge in [-0.3, -0.25) is 0 Å². The van der Waals surface area contributed by atoms with Gasteiger partial charge in [-0.15, -0.1) is 0 Å². The van der Waals surface area contributed by atoms with Gasteiger partial charge >= 0.3 is 0 Å². The third kappa shape index (κ3) is 2.91. The van der Waals surface area contributed by atoms with Crippen LogP contribution < -0.4 is 0 Å². The Kier molecular flexibility index (Phi) is 4.17. The lowest BCUT2D eigenvalue weighted by atomic mass is 9.86. The molecule has 0 fully saturated rings. The summed E-state index contributed by atoms with van der Waals surface area (Å²) in [6.07, 6.45) is 4.14. The summed E-state index contributed by atoms with van der Waals surface area (Å²) < 4.78 is 0. The summed E-state index contributed by atoms with van der Waals surface area (Å²) in [6.45, 7) is 6.43. The molecule has 2 aromatic heterocycles. The Labute approximate surface area is 199 Å². The second-order valence-corrected chi connectivity index (χ2v) is 10.1. The van der Waals surface area contributed by atoms with Gasteiger partial charge in [-0.2, -0.15) is 0 Å². The van der Waals surface area contributed by atoms with Gasteiger partial charge < -0.3 is 9.97 Å². The lowest BCUT2D eigenvalue weighted by molar-refractivity contribution is 0.787. The van der Waals surface area contributed by atoms with Crippen LogP contribution in [0.4, 0.5) is 0 Å². The molecule has 2 aliphatic rings. The molecule has 0 aliphatic heterocycles. The highest BCUT2D eigenvalue weighted by molar-refractivity contribution is 5.95. The maximum absolute atomic E-state index is 4.85. The van der Waals surface area contributed by atoms with Crippen LogP contribution in [-0.2, 0) is 25.7 Å². The molecule has 4 heteroatoms. The van der Waals surface area contributed by atoms with Crippen LogP contribution in [0.15, 0.2) is 48.5 Å². The highest BCUT2D eigenvalue weighted by Crippen LogP contribution is 2.39. The Balaban J connectivity index is 1.29. The molecule has 0 saturated carbocycles. The molecular weight excluding hydrogens is 416 g/mol. The standard InChI is InChI=1S/C30H28N4/c1-16(2)30-33-27-12-7-21-15-19(5-9-23(21)28(27)34-30)18-4-8-22-20(14-18)6-10-25-24(22)11-13-26-29(25)32-17(3)31-26/h4-6,8-10,14-16H,7,11-13H2,1-3H3,(H,31,32)(H,33,34). The van der Waals surface area contributed by atoms with Gasteiger partial charge in [-0.25, -0.2) is 9.97 Å². The van der Waals surface area contributed by atoms with Crippen molar-refractivity contribution in [2.75, 3.05) is 0 Å². The van der Waals surface area contributed by atoms with Gasteiger partial charge in [-0.05, 0) is 71.7 Å². The zero-order valence-corrected chi connectivity index (χ0v) is 19.9. The maximum atomic E-state index is 4.85. The van der Waals surface area contributed by atoms with E-state index in [-0.39, 0.29) is 0 Å². The van der Waals surface area contributed by atoms with E-state index in [2.05, 4.69) is 72.3 Å². The van der Waals surface area contributed by atoms with Crippen molar-refractivity contribution in [2.24, 2.45) is 0 Å². The number of aromatic nitrogens is 4. The highest BCUT2D eigenvalue weighted by atomic mass is 14.9. The molecule has 5 aromatic rings. The van der Waals surface area contributed by atoms with Crippen LogP contribution in [0.5, 0.6) is 0 Å². The quantitative estimate of drug-likeness (QED) is 0.311. The van der Waals surface area contributed by atoms with Crippen molar-refractivity contribution in [3.05, 3.63) is 82.7 Å². The molecule has 0 saturated heterocycles. The molecule has 0 bridgehead atoms. The number of nitrogens with zero attached hydrogens (tertiary/aromatic N) is 2. The number of H-pyrrole nitrogens is 2. The maximum Gasteiger partial charge on any atom is 0.109 e. The average molecular weight is 445 g/mol. The number of fused-ring (bicyclic) bond motifs is 8. The molecule has 168 valence electrons. The summed E-state index contributed by atoms with van der Waals surface area (Å²) in [5, 5.41) is 2.66. The van der Waals surface area contributed by atoms with E-state index in [1.54, 1.807) is 0 Å². The fourth-order valence-electron chi connectivity index (χ4n) is 5.84. The van der Waals surface area contributed by atoms with Crippen LogP contribution >= 0.6 is 0 Å². The van der Waals surface area contributed by atoms with Gasteiger partial charge in [0.1, 0.15) is 11.6 Å². The number of benzene rings is 3. The normalized spacial score (nSPS) is 14.1. The summed E-state index contributed by atoms with van der Waals surface area (Å²) in [6, 6.07) is 18.4. The van der Waals surface area contributed by atoms with E-state index < -0.39 is 0 Å². The van der Waals surface area contributed by atoms with Crippen LogP contribution in [-0.4, -0.2) is 19.9 Å². The first-order valence-corrected chi connectivity index (χ1v) is 12.4. The monoisotopic (exact) mass is 444 g/mol. The first-order valence-electron chi connectivity index (χ1n) is 12.4. The Bertz CT molecular complexity index is 1600. The Hall–Kier alpha value is -3.66. The number of hydrogen-bond acceptors (Lipinski definition) is 2. The Morgan fingerprint density at radius 2 is 1.62 bits per heavy atom. The summed E-state index contributed by atoms with van der Waals surface area (Å²) >= 11 is 0. The minimum atomic E-state index is 0.417. The highest BCUT2D eigenvalue weighted by Gasteiger charge is 2.23. The minimum absolute atomic E-state index is 0.417. The SMILES string of the molecule is Cc1nc2c([nH]1)CCc1c-2ccc2cc(-c3ccc4c(c3)CCc3nc(C(C)C)[nH]c3-4)ccc12. The predicted molar refractivity (Wildman–Crippen MR) is 138 cm³/mol. The number of rotatable bonds is 2. The lowest BCUT2D eigenvalue weighted by Crippen LogP contribution is -2.04. The fraction of sp³-hybridized carbons (Fsp3) is 0.267. The van der Waals surface area contributed by atoms with Crippen LogP contribution in [0.25, 0.3) is 44.4 Å². The van der Waals surface area contributed by atoms with E-state index in [0.717, 1.165) is 43.0 Å². The van der Waals surface area contributed by atoms with Gasteiger partial charge in [0, 0.05) is 22.7 Å². The van der Waals surface area contributed by atoms with Gasteiger partial charge in [0.15, 0.2) is 0 Å². The summed E-state index contributed by atoms with van der Waals surface area (Å²) in [5.41, 5.74) is 12.9. The molecule has 0 amide bonds. The summed E-state index contributed by atoms with van der Waals surface area (Å²) in [4.78, 5) is 16.7. The van der Waals surface area contributed by atoms with Crippen LogP contribution in [0.1, 0.15) is 53.9 Å². The average Bonchev–Trinajstić information content (AvgIpc) is 3.46. The van der Waals surface area contributed by atoms with Crippen molar-refractivity contribution in [2.45, 2.75) is 52.4 Å². The molecule has 7 rings (SSSR count).